The van der Waals surface area contributed by atoms with Crippen LogP contribution in [-0.4, -0.2) is 41.1 Å². The van der Waals surface area contributed by atoms with Crippen molar-refractivity contribution in [1.29, 1.82) is 0 Å². The van der Waals surface area contributed by atoms with Crippen molar-refractivity contribution >= 4 is 23.7 Å². The molecule has 1 aliphatic heterocycles. The number of quaternary nitrogens is 1. The molecule has 0 radical (unpaired) electrons. The predicted octanol–water partition coefficient (Wildman–Crippen LogP) is 1.12. The molecule has 1 aliphatic rings. The average molecular weight is 331 g/mol. The summed E-state index contributed by atoms with van der Waals surface area (Å²) in [4.78, 5) is 15.3. The second-order valence-corrected chi connectivity index (χ2v) is 6.52. The molecule has 0 saturated carbocycles. The maximum absolute atomic E-state index is 11.3. The standard InChI is InChI=1S/C17H22N4OS/c1-14(22)15-3-5-16(6-4-15)20-11-8-19(9-12-20)13-21-10-7-18(2)17(21)23/h3-7,10H,8-9,11-13H2,1-2H3/p+1. The third kappa shape index (κ3) is 3.54. The summed E-state index contributed by atoms with van der Waals surface area (Å²) < 4.78 is 4.99. The molecule has 0 bridgehead atoms. The van der Waals surface area contributed by atoms with Gasteiger partial charge in [0, 0.05) is 30.7 Å². The number of rotatable bonds is 4. The van der Waals surface area contributed by atoms with E-state index in [4.69, 9.17) is 12.2 Å². The third-order valence-electron chi connectivity index (χ3n) is 4.52. The second-order valence-electron chi connectivity index (χ2n) is 6.16. The Balaban J connectivity index is 1.58. The van der Waals surface area contributed by atoms with Gasteiger partial charge in [0.15, 0.2) is 17.2 Å². The molecule has 0 spiro atoms. The molecule has 122 valence electrons. The van der Waals surface area contributed by atoms with E-state index in [1.807, 2.05) is 29.9 Å². The summed E-state index contributed by atoms with van der Waals surface area (Å²) in [5.74, 6) is 0.116. The zero-order chi connectivity index (χ0) is 16.4. The first-order chi connectivity index (χ1) is 11.0. The number of Topliss-reactive ketones (excluding diaryl/α,β-unsaturated/α-hetero) is 1. The summed E-state index contributed by atoms with van der Waals surface area (Å²) in [6, 6.07) is 7.93. The first-order valence-corrected chi connectivity index (χ1v) is 8.36. The van der Waals surface area contributed by atoms with Crippen molar-refractivity contribution in [3.05, 3.63) is 47.0 Å². The van der Waals surface area contributed by atoms with E-state index in [1.54, 1.807) is 11.8 Å². The highest BCUT2D eigenvalue weighted by Gasteiger charge is 2.20. The summed E-state index contributed by atoms with van der Waals surface area (Å²) in [7, 11) is 1.98. The Bertz CT molecular complexity index is 739. The van der Waals surface area contributed by atoms with Gasteiger partial charge < -0.3 is 14.4 Å². The van der Waals surface area contributed by atoms with Gasteiger partial charge in [-0.1, -0.05) is 0 Å². The van der Waals surface area contributed by atoms with Crippen LogP contribution in [0.2, 0.25) is 0 Å². The van der Waals surface area contributed by atoms with E-state index in [0.29, 0.717) is 0 Å². The number of carbonyl (C=O) groups is 1. The molecule has 1 fully saturated rings. The highest BCUT2D eigenvalue weighted by atomic mass is 32.1. The Kier molecular flexibility index (Phi) is 4.63. The highest BCUT2D eigenvalue weighted by molar-refractivity contribution is 7.71. The lowest BCUT2D eigenvalue weighted by Gasteiger charge is -2.33. The number of anilines is 1. The second kappa shape index (κ2) is 6.68. The zero-order valence-corrected chi connectivity index (χ0v) is 14.5. The molecule has 23 heavy (non-hydrogen) atoms. The van der Waals surface area contributed by atoms with E-state index in [-0.39, 0.29) is 5.78 Å². The topological polar surface area (TPSA) is 34.6 Å². The van der Waals surface area contributed by atoms with E-state index in [9.17, 15) is 4.79 Å². The normalized spacial score (nSPS) is 15.8. The zero-order valence-electron chi connectivity index (χ0n) is 13.7. The molecule has 2 heterocycles. The molecule has 0 aliphatic carbocycles. The molecule has 2 aromatic rings. The lowest BCUT2D eigenvalue weighted by Crippen LogP contribution is -3.14. The minimum Gasteiger partial charge on any atom is -0.360 e. The third-order valence-corrected chi connectivity index (χ3v) is 5.04. The van der Waals surface area contributed by atoms with Gasteiger partial charge in [-0.05, 0) is 43.4 Å². The lowest BCUT2D eigenvalue weighted by molar-refractivity contribution is -0.923. The largest absolute Gasteiger partial charge is 0.360 e. The van der Waals surface area contributed by atoms with E-state index in [2.05, 4.69) is 27.8 Å². The SMILES string of the molecule is CC(=O)c1ccc(N2CC[NH+](Cn3ccn(C)c3=S)CC2)cc1. The molecule has 1 aromatic heterocycles. The summed E-state index contributed by atoms with van der Waals surface area (Å²) >= 11 is 5.40. The lowest BCUT2D eigenvalue weighted by atomic mass is 10.1. The monoisotopic (exact) mass is 331 g/mol. The number of piperazine rings is 1. The number of nitrogens with one attached hydrogen (secondary N) is 1. The maximum atomic E-state index is 11.3. The first kappa shape index (κ1) is 16.0. The van der Waals surface area contributed by atoms with E-state index in [0.717, 1.165) is 43.2 Å². The predicted molar refractivity (Wildman–Crippen MR) is 93.6 cm³/mol. The molecular weight excluding hydrogens is 308 g/mol. The smallest absolute Gasteiger partial charge is 0.183 e. The number of hydrogen-bond acceptors (Lipinski definition) is 3. The molecule has 6 heteroatoms. The number of hydrogen-bond donors (Lipinski definition) is 1. The quantitative estimate of drug-likeness (QED) is 0.674. The molecule has 1 aromatic carbocycles. The van der Waals surface area contributed by atoms with Crippen LogP contribution in [0.15, 0.2) is 36.7 Å². The van der Waals surface area contributed by atoms with Gasteiger partial charge in [0.1, 0.15) is 0 Å². The van der Waals surface area contributed by atoms with Crippen molar-refractivity contribution < 1.29 is 9.69 Å². The van der Waals surface area contributed by atoms with E-state index < -0.39 is 0 Å². The van der Waals surface area contributed by atoms with Crippen LogP contribution < -0.4 is 9.80 Å². The number of nitrogens with zero attached hydrogens (tertiary/aromatic N) is 3. The Hall–Kier alpha value is -1.92. The van der Waals surface area contributed by atoms with Gasteiger partial charge in [0.05, 0.1) is 26.2 Å². The fourth-order valence-electron chi connectivity index (χ4n) is 3.02. The van der Waals surface area contributed by atoms with Crippen molar-refractivity contribution in [2.24, 2.45) is 7.05 Å². The highest BCUT2D eigenvalue weighted by Crippen LogP contribution is 2.15. The number of ketones is 1. The maximum Gasteiger partial charge on any atom is 0.183 e. The molecule has 0 unspecified atom stereocenters. The van der Waals surface area contributed by atoms with Crippen LogP contribution >= 0.6 is 12.2 Å². The fourth-order valence-corrected chi connectivity index (χ4v) is 3.20. The van der Waals surface area contributed by atoms with Crippen molar-refractivity contribution in [2.75, 3.05) is 31.1 Å². The minimum absolute atomic E-state index is 0.116. The van der Waals surface area contributed by atoms with Crippen LogP contribution in [0, 0.1) is 4.77 Å². The number of carbonyl (C=O) groups excluding carboxylic acids is 1. The van der Waals surface area contributed by atoms with Gasteiger partial charge in [0.25, 0.3) is 0 Å². The van der Waals surface area contributed by atoms with Crippen LogP contribution in [0.5, 0.6) is 0 Å². The van der Waals surface area contributed by atoms with Gasteiger partial charge in [-0.25, -0.2) is 0 Å². The molecule has 1 saturated heterocycles. The number of imidazole rings is 1. The number of aromatic nitrogens is 2. The van der Waals surface area contributed by atoms with Gasteiger partial charge in [-0.3, -0.25) is 9.36 Å². The molecule has 0 amide bonds. The molecule has 0 atom stereocenters. The van der Waals surface area contributed by atoms with Crippen molar-refractivity contribution in [2.45, 2.75) is 13.6 Å². The Morgan fingerprint density at radius 1 is 1.17 bits per heavy atom. The summed E-state index contributed by atoms with van der Waals surface area (Å²) in [6.45, 7) is 6.75. The average Bonchev–Trinajstić information content (AvgIpc) is 2.88. The van der Waals surface area contributed by atoms with Crippen molar-refractivity contribution in [1.82, 2.24) is 9.13 Å². The molecule has 1 N–H and O–H groups in total. The summed E-state index contributed by atoms with van der Waals surface area (Å²) in [5.41, 5.74) is 1.97. The summed E-state index contributed by atoms with van der Waals surface area (Å²) in [5, 5.41) is 0. The van der Waals surface area contributed by atoms with Crippen LogP contribution in [-0.2, 0) is 13.7 Å². The first-order valence-electron chi connectivity index (χ1n) is 7.96. The van der Waals surface area contributed by atoms with Crippen LogP contribution in [0.4, 0.5) is 5.69 Å². The molecule has 3 rings (SSSR count). The Morgan fingerprint density at radius 2 is 1.83 bits per heavy atom. The Labute approximate surface area is 141 Å². The minimum atomic E-state index is 0.116. The van der Waals surface area contributed by atoms with Gasteiger partial charge in [-0.2, -0.15) is 0 Å². The van der Waals surface area contributed by atoms with Crippen LogP contribution in [0.1, 0.15) is 17.3 Å². The van der Waals surface area contributed by atoms with Gasteiger partial charge >= 0.3 is 0 Å². The van der Waals surface area contributed by atoms with Crippen LogP contribution in [0.25, 0.3) is 0 Å². The van der Waals surface area contributed by atoms with Gasteiger partial charge in [-0.15, -0.1) is 0 Å². The fraction of sp³-hybridized carbons (Fsp3) is 0.412. The number of aryl methyl sites for hydroxylation is 1. The molecular formula is C17H23N4OS+. The van der Waals surface area contributed by atoms with Crippen LogP contribution in [0.3, 0.4) is 0 Å². The number of benzene rings is 1. The van der Waals surface area contributed by atoms with E-state index in [1.165, 1.54) is 5.69 Å². The van der Waals surface area contributed by atoms with Crippen molar-refractivity contribution in [3.8, 4) is 0 Å². The van der Waals surface area contributed by atoms with Crippen molar-refractivity contribution in [3.63, 3.8) is 0 Å². The molecule has 5 nitrogen and oxygen atoms in total. The van der Waals surface area contributed by atoms with E-state index >= 15 is 0 Å². The summed E-state index contributed by atoms with van der Waals surface area (Å²) in [6.07, 6.45) is 4.07. The Morgan fingerprint density at radius 3 is 2.35 bits per heavy atom. The van der Waals surface area contributed by atoms with Gasteiger partial charge in [0.2, 0.25) is 0 Å².